The van der Waals surface area contributed by atoms with Gasteiger partial charge in [-0.2, -0.15) is 0 Å². The molecule has 0 radical (unpaired) electrons. The molecular formula is C23H32NOP. The summed E-state index contributed by atoms with van der Waals surface area (Å²) in [6.07, 6.45) is 7.23. The molecule has 0 bridgehead atoms. The zero-order valence-electron chi connectivity index (χ0n) is 16.1. The van der Waals surface area contributed by atoms with Crippen molar-refractivity contribution in [2.75, 3.05) is 0 Å². The van der Waals surface area contributed by atoms with Crippen LogP contribution >= 0.6 is 7.29 Å². The van der Waals surface area contributed by atoms with E-state index in [4.69, 9.17) is 0 Å². The number of hydrogen-bond donors (Lipinski definition) is 1. The zero-order valence-corrected chi connectivity index (χ0v) is 17.0. The number of allylic oxidation sites excluding steroid dienone is 1. The lowest BCUT2D eigenvalue weighted by molar-refractivity contribution is 0.444. The second kappa shape index (κ2) is 10.5. The standard InChI is InChI=1S/C23H32NOP/c1-4-5-8-13-21(19-18-20(2)3)24-26(25,22-14-9-6-10-15-22)23-16-11-7-12-17-23/h4,6-7,9-12,14-17,20-21H,1,5,8,13,18-19H2,2-3H3,(H,24,25)/t21-/m0/s1. The molecule has 1 N–H and O–H groups in total. The number of nitrogens with one attached hydrogen (secondary N) is 1. The summed E-state index contributed by atoms with van der Waals surface area (Å²) in [5.74, 6) is 0.645. The molecule has 0 unspecified atom stereocenters. The van der Waals surface area contributed by atoms with Crippen LogP contribution in [0.25, 0.3) is 0 Å². The van der Waals surface area contributed by atoms with Gasteiger partial charge in [-0.1, -0.05) is 56.3 Å². The van der Waals surface area contributed by atoms with Gasteiger partial charge in [-0.25, -0.2) is 0 Å². The first kappa shape index (κ1) is 20.7. The van der Waals surface area contributed by atoms with Gasteiger partial charge in [0.2, 0.25) is 7.29 Å². The predicted molar refractivity (Wildman–Crippen MR) is 115 cm³/mol. The fraction of sp³-hybridized carbons (Fsp3) is 0.391. The third-order valence-electron chi connectivity index (χ3n) is 4.66. The van der Waals surface area contributed by atoms with Crippen molar-refractivity contribution in [3.05, 3.63) is 73.3 Å². The minimum Gasteiger partial charge on any atom is -0.297 e. The Morgan fingerprint density at radius 3 is 1.92 bits per heavy atom. The second-order valence-corrected chi connectivity index (χ2v) is 9.81. The van der Waals surface area contributed by atoms with Crippen molar-refractivity contribution in [2.45, 2.75) is 52.0 Å². The summed E-state index contributed by atoms with van der Waals surface area (Å²) in [4.78, 5) is 0. The van der Waals surface area contributed by atoms with E-state index in [1.165, 1.54) is 0 Å². The molecule has 0 fully saturated rings. The van der Waals surface area contributed by atoms with Crippen LogP contribution in [0, 0.1) is 5.92 Å². The van der Waals surface area contributed by atoms with Gasteiger partial charge >= 0.3 is 0 Å². The minimum atomic E-state index is -2.86. The minimum absolute atomic E-state index is 0.239. The maximum atomic E-state index is 14.2. The van der Waals surface area contributed by atoms with Gasteiger partial charge < -0.3 is 0 Å². The molecule has 0 aliphatic heterocycles. The van der Waals surface area contributed by atoms with Crippen LogP contribution in [0.5, 0.6) is 0 Å². The first-order chi connectivity index (χ1) is 12.6. The fourth-order valence-corrected chi connectivity index (χ4v) is 5.70. The Hall–Kier alpha value is -1.63. The van der Waals surface area contributed by atoms with Crippen molar-refractivity contribution in [1.29, 1.82) is 0 Å². The lowest BCUT2D eigenvalue weighted by Crippen LogP contribution is -2.35. The molecule has 0 amide bonds. The molecule has 0 heterocycles. The molecule has 0 aliphatic carbocycles. The molecule has 0 saturated carbocycles. The summed E-state index contributed by atoms with van der Waals surface area (Å²) >= 11 is 0. The summed E-state index contributed by atoms with van der Waals surface area (Å²) < 4.78 is 14.2. The number of rotatable bonds is 11. The van der Waals surface area contributed by atoms with Crippen LogP contribution in [-0.4, -0.2) is 6.04 Å². The van der Waals surface area contributed by atoms with Crippen LogP contribution in [0.3, 0.4) is 0 Å². The summed E-state index contributed by atoms with van der Waals surface area (Å²) in [5.41, 5.74) is 0. The van der Waals surface area contributed by atoms with Crippen molar-refractivity contribution in [3.63, 3.8) is 0 Å². The Labute approximate surface area is 159 Å². The van der Waals surface area contributed by atoms with Gasteiger partial charge in [-0.15, -0.1) is 6.58 Å². The number of unbranched alkanes of at least 4 members (excludes halogenated alkanes) is 1. The fourth-order valence-electron chi connectivity index (χ4n) is 3.15. The molecule has 2 aromatic carbocycles. The highest BCUT2D eigenvalue weighted by atomic mass is 31.2. The summed E-state index contributed by atoms with van der Waals surface area (Å²) in [5, 5.41) is 5.36. The van der Waals surface area contributed by atoms with E-state index >= 15 is 0 Å². The molecule has 2 nitrogen and oxygen atoms in total. The quantitative estimate of drug-likeness (QED) is 0.314. The molecule has 2 rings (SSSR count). The van der Waals surface area contributed by atoms with Gasteiger partial charge in [-0.3, -0.25) is 9.65 Å². The first-order valence-corrected chi connectivity index (χ1v) is 11.4. The van der Waals surface area contributed by atoms with E-state index in [2.05, 4.69) is 25.5 Å². The Kier molecular flexibility index (Phi) is 8.35. The topological polar surface area (TPSA) is 29.1 Å². The van der Waals surface area contributed by atoms with Crippen LogP contribution in [0.2, 0.25) is 0 Å². The Balaban J connectivity index is 2.30. The molecule has 140 valence electrons. The molecule has 0 spiro atoms. The van der Waals surface area contributed by atoms with Gasteiger partial charge in [-0.05, 0) is 62.3 Å². The first-order valence-electron chi connectivity index (χ1n) is 9.66. The Morgan fingerprint density at radius 2 is 1.46 bits per heavy atom. The number of benzene rings is 2. The van der Waals surface area contributed by atoms with Gasteiger partial charge in [0.15, 0.2) is 0 Å². The average Bonchev–Trinajstić information content (AvgIpc) is 2.67. The van der Waals surface area contributed by atoms with E-state index < -0.39 is 7.29 Å². The summed E-state index contributed by atoms with van der Waals surface area (Å²) in [7, 11) is -2.86. The lowest BCUT2D eigenvalue weighted by atomic mass is 10.0. The smallest absolute Gasteiger partial charge is 0.204 e. The van der Waals surface area contributed by atoms with Crippen LogP contribution in [-0.2, 0) is 4.57 Å². The maximum Gasteiger partial charge on any atom is 0.204 e. The average molecular weight is 369 g/mol. The van der Waals surface area contributed by atoms with Crippen molar-refractivity contribution in [2.24, 2.45) is 5.92 Å². The van der Waals surface area contributed by atoms with Gasteiger partial charge in [0, 0.05) is 16.7 Å². The van der Waals surface area contributed by atoms with Crippen molar-refractivity contribution in [1.82, 2.24) is 5.09 Å². The lowest BCUT2D eigenvalue weighted by Gasteiger charge is -2.27. The van der Waals surface area contributed by atoms with E-state index in [1.54, 1.807) is 0 Å². The third kappa shape index (κ3) is 5.97. The molecule has 1 atom stereocenters. The van der Waals surface area contributed by atoms with Crippen LogP contribution in [0.1, 0.15) is 46.0 Å². The second-order valence-electron chi connectivity index (χ2n) is 7.30. The van der Waals surface area contributed by atoms with Crippen molar-refractivity contribution < 1.29 is 4.57 Å². The molecule has 3 heteroatoms. The van der Waals surface area contributed by atoms with Crippen LogP contribution in [0.4, 0.5) is 0 Å². The molecule has 0 aliphatic rings. The molecule has 2 aromatic rings. The predicted octanol–water partition coefficient (Wildman–Crippen LogP) is 5.67. The van der Waals surface area contributed by atoms with Crippen LogP contribution in [0.15, 0.2) is 73.3 Å². The van der Waals surface area contributed by atoms with Crippen LogP contribution < -0.4 is 15.7 Å². The van der Waals surface area contributed by atoms with Gasteiger partial charge in [0.05, 0.1) is 0 Å². The molecule has 0 saturated heterocycles. The van der Waals surface area contributed by atoms with Crippen molar-refractivity contribution >= 4 is 17.9 Å². The Morgan fingerprint density at radius 1 is 0.923 bits per heavy atom. The highest BCUT2D eigenvalue weighted by Gasteiger charge is 2.29. The molecule has 26 heavy (non-hydrogen) atoms. The van der Waals surface area contributed by atoms with Gasteiger partial charge in [0.25, 0.3) is 0 Å². The largest absolute Gasteiger partial charge is 0.297 e. The van der Waals surface area contributed by atoms with E-state index in [0.717, 1.165) is 42.7 Å². The van der Waals surface area contributed by atoms with E-state index in [0.29, 0.717) is 5.92 Å². The SMILES string of the molecule is C=CCCC[C@@H](CCC(C)C)NP(=O)(c1ccccc1)c1ccccc1. The van der Waals surface area contributed by atoms with E-state index in [1.807, 2.05) is 66.7 Å². The Bertz CT molecular complexity index is 653. The van der Waals surface area contributed by atoms with Crippen molar-refractivity contribution in [3.8, 4) is 0 Å². The monoisotopic (exact) mass is 369 g/mol. The van der Waals surface area contributed by atoms with E-state index in [-0.39, 0.29) is 6.04 Å². The molecular weight excluding hydrogens is 337 g/mol. The maximum absolute atomic E-state index is 14.2. The normalized spacial score (nSPS) is 12.9. The van der Waals surface area contributed by atoms with E-state index in [9.17, 15) is 4.57 Å². The van der Waals surface area contributed by atoms with Gasteiger partial charge in [0.1, 0.15) is 0 Å². The highest BCUT2D eigenvalue weighted by molar-refractivity contribution is 7.76. The zero-order chi connectivity index (χ0) is 18.8. The third-order valence-corrected chi connectivity index (χ3v) is 7.44. The number of hydrogen-bond acceptors (Lipinski definition) is 1. The highest BCUT2D eigenvalue weighted by Crippen LogP contribution is 2.40. The summed E-state index contributed by atoms with van der Waals surface area (Å²) in [6, 6.07) is 19.9. The molecule has 0 aromatic heterocycles. The summed E-state index contributed by atoms with van der Waals surface area (Å²) in [6.45, 7) is 8.32.